The summed E-state index contributed by atoms with van der Waals surface area (Å²) in [4.78, 5) is 25.9. The van der Waals surface area contributed by atoms with Gasteiger partial charge in [0.05, 0.1) is 25.2 Å². The smallest absolute Gasteiger partial charge is 0.306 e. The number of carbonyl (C=O) groups is 2. The highest BCUT2D eigenvalue weighted by molar-refractivity contribution is 5.77. The van der Waals surface area contributed by atoms with E-state index in [1.165, 1.54) is 96.3 Å². The fourth-order valence-electron chi connectivity index (χ4n) is 6.56. The number of hydrogen-bond donors (Lipinski definition) is 3. The van der Waals surface area contributed by atoms with E-state index in [4.69, 9.17) is 4.74 Å². The quantitative estimate of drug-likeness (QED) is 0.0331. The first-order valence-corrected chi connectivity index (χ1v) is 22.4. The summed E-state index contributed by atoms with van der Waals surface area (Å²) >= 11 is 0. The SMILES string of the molecule is CCCCC/C=C/C=C/C=C/C=C/CCCCCC(CC(=O)NC(CO)C(O)CCCCCCCCCCC)OC(=O)CCCCCCCCCCC. The molecule has 0 aromatic carbocycles. The Hall–Kier alpha value is -2.18. The Morgan fingerprint density at radius 2 is 0.962 bits per heavy atom. The van der Waals surface area contributed by atoms with Crippen LogP contribution in [0.3, 0.4) is 0 Å². The Labute approximate surface area is 327 Å². The number of nitrogens with one attached hydrogen (secondary N) is 1. The Balaban J connectivity index is 4.70. The van der Waals surface area contributed by atoms with Crippen molar-refractivity contribution in [1.82, 2.24) is 5.32 Å². The summed E-state index contributed by atoms with van der Waals surface area (Å²) in [6.45, 7) is 6.38. The van der Waals surface area contributed by atoms with E-state index in [2.05, 4.69) is 68.6 Å². The van der Waals surface area contributed by atoms with Gasteiger partial charge in [-0.25, -0.2) is 0 Å². The normalized spacial score (nSPS) is 13.8. The number of hydrogen-bond acceptors (Lipinski definition) is 5. The summed E-state index contributed by atoms with van der Waals surface area (Å²) in [7, 11) is 0. The minimum absolute atomic E-state index is 0.0525. The summed E-state index contributed by atoms with van der Waals surface area (Å²) < 4.78 is 5.87. The van der Waals surface area contributed by atoms with Crippen molar-refractivity contribution in [2.75, 3.05) is 6.61 Å². The van der Waals surface area contributed by atoms with Gasteiger partial charge < -0.3 is 20.3 Å². The first kappa shape index (κ1) is 50.8. The van der Waals surface area contributed by atoms with Gasteiger partial charge in [0, 0.05) is 6.42 Å². The summed E-state index contributed by atoms with van der Waals surface area (Å²) in [6, 6.07) is -0.710. The number of rotatable bonds is 39. The van der Waals surface area contributed by atoms with Crippen molar-refractivity contribution in [2.45, 2.75) is 232 Å². The number of esters is 1. The first-order chi connectivity index (χ1) is 26.0. The molecule has 0 radical (unpaired) electrons. The predicted molar refractivity (Wildman–Crippen MR) is 227 cm³/mol. The summed E-state index contributed by atoms with van der Waals surface area (Å²) in [5, 5.41) is 23.5. The molecule has 0 aromatic heterocycles. The molecule has 1 amide bonds. The van der Waals surface area contributed by atoms with E-state index in [0.717, 1.165) is 70.6 Å². The molecule has 0 aliphatic heterocycles. The maximum atomic E-state index is 13.1. The highest BCUT2D eigenvalue weighted by Crippen LogP contribution is 2.17. The molecule has 0 fully saturated rings. The van der Waals surface area contributed by atoms with Crippen molar-refractivity contribution in [3.63, 3.8) is 0 Å². The first-order valence-electron chi connectivity index (χ1n) is 22.4. The lowest BCUT2D eigenvalue weighted by atomic mass is 10.0. The van der Waals surface area contributed by atoms with Gasteiger partial charge in [-0.1, -0.05) is 198 Å². The van der Waals surface area contributed by atoms with Crippen LogP contribution >= 0.6 is 0 Å². The van der Waals surface area contributed by atoms with Crippen LogP contribution in [0.4, 0.5) is 0 Å². The van der Waals surface area contributed by atoms with E-state index in [1.54, 1.807) is 0 Å². The fourth-order valence-corrected chi connectivity index (χ4v) is 6.56. The van der Waals surface area contributed by atoms with E-state index < -0.39 is 18.2 Å². The van der Waals surface area contributed by atoms with Gasteiger partial charge in [-0.15, -0.1) is 0 Å². The van der Waals surface area contributed by atoms with Gasteiger partial charge in [-0.2, -0.15) is 0 Å². The van der Waals surface area contributed by atoms with Crippen LogP contribution in [-0.2, 0) is 14.3 Å². The van der Waals surface area contributed by atoms with Gasteiger partial charge in [-0.05, 0) is 51.4 Å². The van der Waals surface area contributed by atoms with E-state index >= 15 is 0 Å². The maximum Gasteiger partial charge on any atom is 0.306 e. The zero-order valence-corrected chi connectivity index (χ0v) is 34.9. The molecule has 0 aromatic rings. The molecule has 3 N–H and O–H groups in total. The lowest BCUT2D eigenvalue weighted by Crippen LogP contribution is -2.46. The van der Waals surface area contributed by atoms with E-state index in [9.17, 15) is 19.8 Å². The average Bonchev–Trinajstić information content (AvgIpc) is 3.15. The number of unbranched alkanes of at least 4 members (excludes halogenated alkanes) is 22. The van der Waals surface area contributed by atoms with Crippen LogP contribution in [0.15, 0.2) is 48.6 Å². The van der Waals surface area contributed by atoms with Crippen molar-refractivity contribution < 1.29 is 24.5 Å². The zero-order valence-electron chi connectivity index (χ0n) is 34.9. The van der Waals surface area contributed by atoms with Crippen molar-refractivity contribution in [2.24, 2.45) is 0 Å². The molecule has 3 atom stereocenters. The molecule has 3 unspecified atom stereocenters. The van der Waals surface area contributed by atoms with Crippen LogP contribution in [-0.4, -0.2) is 46.9 Å². The largest absolute Gasteiger partial charge is 0.462 e. The molecule has 0 saturated carbocycles. The molecule has 0 heterocycles. The summed E-state index contributed by atoms with van der Waals surface area (Å²) in [5.74, 6) is -0.516. The number of aliphatic hydroxyl groups is 2. The van der Waals surface area contributed by atoms with Crippen LogP contribution in [0.2, 0.25) is 0 Å². The Morgan fingerprint density at radius 3 is 1.49 bits per heavy atom. The molecular formula is C47H85NO5. The molecule has 53 heavy (non-hydrogen) atoms. The third kappa shape index (κ3) is 36.6. The highest BCUT2D eigenvalue weighted by atomic mass is 16.5. The second kappa shape index (κ2) is 41.0. The topological polar surface area (TPSA) is 95.9 Å². The monoisotopic (exact) mass is 744 g/mol. The number of ether oxygens (including phenoxy) is 1. The van der Waals surface area contributed by atoms with Crippen LogP contribution in [0.5, 0.6) is 0 Å². The van der Waals surface area contributed by atoms with Gasteiger partial charge in [-0.3, -0.25) is 9.59 Å². The van der Waals surface area contributed by atoms with Crippen LogP contribution in [0, 0.1) is 0 Å². The predicted octanol–water partition coefficient (Wildman–Crippen LogP) is 12.7. The number of aliphatic hydroxyl groups excluding tert-OH is 2. The van der Waals surface area contributed by atoms with Crippen molar-refractivity contribution in [1.29, 1.82) is 0 Å². The maximum absolute atomic E-state index is 13.1. The van der Waals surface area contributed by atoms with Gasteiger partial charge in [0.15, 0.2) is 0 Å². The molecule has 0 aliphatic carbocycles. The Bertz CT molecular complexity index is 926. The average molecular weight is 744 g/mol. The molecule has 0 spiro atoms. The van der Waals surface area contributed by atoms with E-state index in [0.29, 0.717) is 19.3 Å². The highest BCUT2D eigenvalue weighted by Gasteiger charge is 2.24. The van der Waals surface area contributed by atoms with E-state index in [-0.39, 0.29) is 24.9 Å². The lowest BCUT2D eigenvalue weighted by Gasteiger charge is -2.24. The van der Waals surface area contributed by atoms with Crippen molar-refractivity contribution in [3.05, 3.63) is 48.6 Å². The Kier molecular flexibility index (Phi) is 39.3. The van der Waals surface area contributed by atoms with Crippen LogP contribution in [0.25, 0.3) is 0 Å². The van der Waals surface area contributed by atoms with Crippen LogP contribution < -0.4 is 5.32 Å². The molecule has 308 valence electrons. The minimum Gasteiger partial charge on any atom is -0.462 e. The van der Waals surface area contributed by atoms with Gasteiger partial charge >= 0.3 is 5.97 Å². The molecular weight excluding hydrogens is 659 g/mol. The fraction of sp³-hybridized carbons (Fsp3) is 0.787. The Morgan fingerprint density at radius 1 is 0.547 bits per heavy atom. The standard InChI is InChI=1S/C47H85NO5/c1-4-7-10-13-16-19-20-21-22-23-24-25-28-29-32-35-38-43(53-47(52)40-37-34-31-27-18-15-12-9-6-3)41-46(51)48-44(42-49)45(50)39-36-33-30-26-17-14-11-8-5-2/h16,19-25,43-45,49-50H,4-15,17-18,26-42H2,1-3H3,(H,48,51)/b19-16+,21-20+,23-22+,25-24+. The molecule has 0 bridgehead atoms. The van der Waals surface area contributed by atoms with Gasteiger partial charge in [0.2, 0.25) is 5.91 Å². The second-order valence-corrected chi connectivity index (χ2v) is 15.2. The molecule has 0 saturated heterocycles. The third-order valence-electron chi connectivity index (χ3n) is 10.0. The van der Waals surface area contributed by atoms with Crippen molar-refractivity contribution in [3.8, 4) is 0 Å². The third-order valence-corrected chi connectivity index (χ3v) is 10.0. The number of allylic oxidation sites excluding steroid dienone is 8. The molecule has 6 nitrogen and oxygen atoms in total. The minimum atomic E-state index is -0.794. The number of carbonyl (C=O) groups excluding carboxylic acids is 2. The van der Waals surface area contributed by atoms with Gasteiger partial charge in [0.25, 0.3) is 0 Å². The van der Waals surface area contributed by atoms with Gasteiger partial charge in [0.1, 0.15) is 6.10 Å². The number of amides is 1. The molecule has 0 rings (SSSR count). The lowest BCUT2D eigenvalue weighted by molar-refractivity contribution is -0.151. The summed E-state index contributed by atoms with van der Waals surface area (Å²) in [6.07, 6.45) is 47.4. The second-order valence-electron chi connectivity index (χ2n) is 15.2. The summed E-state index contributed by atoms with van der Waals surface area (Å²) in [5.41, 5.74) is 0. The van der Waals surface area contributed by atoms with Crippen LogP contribution in [0.1, 0.15) is 213 Å². The molecule has 0 aliphatic rings. The molecule has 6 heteroatoms. The zero-order chi connectivity index (χ0) is 38.9. The van der Waals surface area contributed by atoms with E-state index in [1.807, 2.05) is 6.08 Å². The van der Waals surface area contributed by atoms with Crippen molar-refractivity contribution >= 4 is 11.9 Å².